The fourth-order valence-corrected chi connectivity index (χ4v) is 8.11. The van der Waals surface area contributed by atoms with E-state index in [1.165, 1.54) is 35.6 Å². The van der Waals surface area contributed by atoms with Gasteiger partial charge in [-0.15, -0.1) is 0 Å². The maximum absolute atomic E-state index is 11.8. The molecular formula is C36H56N10O18P2. The fraction of sp³-hybridized carbons (Fsp3) is 0.667. The lowest BCUT2D eigenvalue weighted by Crippen LogP contribution is -2.36. The number of hydrogen-bond donors (Lipinski definition) is 10. The Labute approximate surface area is 375 Å². The SMILES string of the molecule is CCOC(=O)[C@@H](OC[C@H]1O[C@@H](n2cnc3c(N)nc(CC(C)C)nc32)[C@H](O)[C@@H]1O)P(=O)(O)O.CCOC(=O)[C@H](OC[C@H]1O[C@@H](n2cnc3c(N)nc(CC(C)C)nc32)[C@H](O)[C@@H]1O)P(=O)(O)O. The van der Waals surface area contributed by atoms with Gasteiger partial charge in [-0.1, -0.05) is 27.7 Å². The molecule has 0 radical (unpaired) electrons. The minimum atomic E-state index is -5.01. The third-order valence-corrected chi connectivity index (χ3v) is 11.8. The monoisotopic (exact) mass is 978 g/mol. The van der Waals surface area contributed by atoms with E-state index in [2.05, 4.69) is 39.4 Å². The molecular weight excluding hydrogens is 922 g/mol. The molecule has 2 saturated heterocycles. The van der Waals surface area contributed by atoms with E-state index in [0.29, 0.717) is 24.5 Å². The van der Waals surface area contributed by atoms with Crippen LogP contribution in [-0.2, 0) is 60.0 Å². The highest BCUT2D eigenvalue weighted by atomic mass is 31.2. The Morgan fingerprint density at radius 3 is 1.30 bits per heavy atom. The molecule has 0 bridgehead atoms. The highest BCUT2D eigenvalue weighted by Crippen LogP contribution is 2.44. The lowest BCUT2D eigenvalue weighted by molar-refractivity contribution is -0.156. The second-order valence-electron chi connectivity index (χ2n) is 16.0. The van der Waals surface area contributed by atoms with Gasteiger partial charge in [0.15, 0.2) is 35.4 Å². The molecule has 0 aliphatic carbocycles. The Bertz CT molecular complexity index is 2250. The van der Waals surface area contributed by atoms with Crippen molar-refractivity contribution in [1.29, 1.82) is 0 Å². The van der Waals surface area contributed by atoms with E-state index in [1.807, 2.05) is 27.7 Å². The van der Waals surface area contributed by atoms with Crippen molar-refractivity contribution >= 4 is 61.1 Å². The number of nitrogens with zero attached hydrogens (tertiary/aromatic N) is 8. The zero-order valence-electron chi connectivity index (χ0n) is 36.6. The molecule has 0 unspecified atom stereocenters. The minimum Gasteiger partial charge on any atom is -0.464 e. The van der Waals surface area contributed by atoms with E-state index in [0.717, 1.165) is 0 Å². The predicted octanol–water partition coefficient (Wildman–Crippen LogP) is -1.38. The normalized spacial score (nSPS) is 24.5. The van der Waals surface area contributed by atoms with Gasteiger partial charge < -0.3 is 79.9 Å². The topological polar surface area (TPSA) is 425 Å². The van der Waals surface area contributed by atoms with Crippen LogP contribution in [-0.4, -0.2) is 166 Å². The van der Waals surface area contributed by atoms with Crippen LogP contribution in [0.3, 0.4) is 0 Å². The van der Waals surface area contributed by atoms with Gasteiger partial charge in [-0.05, 0) is 25.7 Å². The minimum absolute atomic E-state index is 0.112. The van der Waals surface area contributed by atoms with E-state index in [9.17, 15) is 58.7 Å². The van der Waals surface area contributed by atoms with Crippen LogP contribution in [0.4, 0.5) is 11.6 Å². The van der Waals surface area contributed by atoms with Gasteiger partial charge in [0.2, 0.25) is 0 Å². The quantitative estimate of drug-likeness (QED) is 0.0406. The molecule has 66 heavy (non-hydrogen) atoms. The Hall–Kier alpha value is -4.38. The van der Waals surface area contributed by atoms with Crippen LogP contribution < -0.4 is 11.5 Å². The Balaban J connectivity index is 0.000000247. The van der Waals surface area contributed by atoms with Gasteiger partial charge in [-0.3, -0.25) is 18.3 Å². The summed E-state index contributed by atoms with van der Waals surface area (Å²) in [6, 6.07) is 0. The maximum Gasteiger partial charge on any atom is 0.365 e. The molecule has 6 rings (SSSR count). The fourth-order valence-electron chi connectivity index (χ4n) is 6.85. The van der Waals surface area contributed by atoms with Gasteiger partial charge in [-0.25, -0.2) is 39.5 Å². The van der Waals surface area contributed by atoms with Crippen molar-refractivity contribution in [3.63, 3.8) is 0 Å². The molecule has 6 heterocycles. The van der Waals surface area contributed by atoms with Gasteiger partial charge in [0.25, 0.3) is 11.7 Å². The average Bonchev–Trinajstić information content (AvgIpc) is 3.96. The van der Waals surface area contributed by atoms with Gasteiger partial charge in [0, 0.05) is 12.8 Å². The summed E-state index contributed by atoms with van der Waals surface area (Å²) in [4.78, 5) is 87.0. The number of fused-ring (bicyclic) bond motifs is 2. The summed E-state index contributed by atoms with van der Waals surface area (Å²) in [5, 5.41) is 42.0. The molecule has 0 aromatic carbocycles. The first-order valence-corrected chi connectivity index (χ1v) is 23.9. The number of carbonyl (C=O) groups excluding carboxylic acids is 2. The molecule has 2 aliphatic heterocycles. The second kappa shape index (κ2) is 21.7. The Morgan fingerprint density at radius 2 is 1.00 bits per heavy atom. The highest BCUT2D eigenvalue weighted by Gasteiger charge is 2.48. The van der Waals surface area contributed by atoms with Crippen LogP contribution in [0.25, 0.3) is 22.3 Å². The molecule has 28 nitrogen and oxygen atoms in total. The Morgan fingerprint density at radius 1 is 0.652 bits per heavy atom. The van der Waals surface area contributed by atoms with Crippen LogP contribution in [0.5, 0.6) is 0 Å². The lowest BCUT2D eigenvalue weighted by atomic mass is 10.1. The van der Waals surface area contributed by atoms with E-state index < -0.39 is 101 Å². The van der Waals surface area contributed by atoms with Crippen molar-refractivity contribution in [2.45, 2.75) is 115 Å². The van der Waals surface area contributed by atoms with Crippen molar-refractivity contribution in [2.75, 3.05) is 37.9 Å². The smallest absolute Gasteiger partial charge is 0.365 e. The van der Waals surface area contributed by atoms with Crippen LogP contribution in [0, 0.1) is 11.8 Å². The first-order chi connectivity index (χ1) is 30.9. The number of anilines is 2. The number of nitrogen functional groups attached to an aromatic ring is 2. The predicted molar refractivity (Wildman–Crippen MR) is 225 cm³/mol. The number of esters is 2. The van der Waals surface area contributed by atoms with E-state index in [-0.39, 0.29) is 59.0 Å². The number of carbonyl (C=O) groups is 2. The summed E-state index contributed by atoms with van der Waals surface area (Å²) in [7, 11) is -10.0. The largest absolute Gasteiger partial charge is 0.464 e. The van der Waals surface area contributed by atoms with Crippen molar-refractivity contribution in [3.8, 4) is 0 Å². The molecule has 10 atom stereocenters. The van der Waals surface area contributed by atoms with Crippen LogP contribution in [0.1, 0.15) is 65.6 Å². The number of hydrogen-bond acceptors (Lipinski definition) is 22. The molecule has 4 aromatic heterocycles. The maximum atomic E-state index is 11.8. The van der Waals surface area contributed by atoms with Crippen LogP contribution in [0.15, 0.2) is 12.7 Å². The summed E-state index contributed by atoms with van der Waals surface area (Å²) in [6.45, 7) is 9.48. The number of aliphatic hydroxyl groups excluding tert-OH is 4. The molecule has 0 saturated carbocycles. The first-order valence-electron chi connectivity index (χ1n) is 20.6. The summed E-state index contributed by atoms with van der Waals surface area (Å²) >= 11 is 0. The summed E-state index contributed by atoms with van der Waals surface area (Å²) < 4.78 is 56.7. The lowest BCUT2D eigenvalue weighted by Gasteiger charge is -2.21. The van der Waals surface area contributed by atoms with Gasteiger partial charge in [0.1, 0.15) is 59.3 Å². The summed E-state index contributed by atoms with van der Waals surface area (Å²) in [5.41, 5.74) is 13.1. The molecule has 2 fully saturated rings. The standard InChI is InChI=1S/2C18H28N5O9P/c2*1-4-30-17(26)18(33(27,28)29)31-6-9-12(24)13(25)16(32-9)23-7-20-11-14(19)21-10(5-8(2)3)22-15(11)23/h2*7-9,12-13,16,18,24-25H,4-6H2,1-3H3,(H2,19,21,22)(H2,27,28,29)/t9-,12-,13-,16-,18+;9-,12-,13-,16-,18-/m11/s1. The average molecular weight is 979 g/mol. The highest BCUT2D eigenvalue weighted by molar-refractivity contribution is 7.53. The van der Waals surface area contributed by atoms with Crippen molar-refractivity contribution < 1.29 is 87.1 Å². The number of aromatic nitrogens is 8. The molecule has 0 spiro atoms. The van der Waals surface area contributed by atoms with E-state index >= 15 is 0 Å². The second-order valence-corrected chi connectivity index (χ2v) is 19.3. The number of aliphatic hydroxyl groups is 4. The molecule has 0 amide bonds. The van der Waals surface area contributed by atoms with E-state index in [4.69, 9.17) is 30.4 Å². The first kappa shape index (κ1) is 52.6. The van der Waals surface area contributed by atoms with Gasteiger partial charge >= 0.3 is 27.1 Å². The zero-order valence-corrected chi connectivity index (χ0v) is 38.4. The molecule has 4 aromatic rings. The molecule has 2 aliphatic rings. The number of nitrogens with two attached hydrogens (primary N) is 2. The number of rotatable bonds is 18. The number of ether oxygens (including phenoxy) is 6. The zero-order chi connectivity index (χ0) is 49.0. The Kier molecular flexibility index (Phi) is 17.3. The summed E-state index contributed by atoms with van der Waals surface area (Å²) in [6.07, 6.45) is -6.92. The van der Waals surface area contributed by atoms with Gasteiger partial charge in [-0.2, -0.15) is 0 Å². The van der Waals surface area contributed by atoms with Crippen LogP contribution in [0.2, 0.25) is 0 Å². The summed E-state index contributed by atoms with van der Waals surface area (Å²) in [5.74, 6) is -5.10. The van der Waals surface area contributed by atoms with Gasteiger partial charge in [0.05, 0.1) is 39.1 Å². The molecule has 368 valence electrons. The van der Waals surface area contributed by atoms with Crippen molar-refractivity contribution in [2.24, 2.45) is 11.8 Å². The van der Waals surface area contributed by atoms with Crippen molar-refractivity contribution in [1.82, 2.24) is 39.0 Å². The molecule has 30 heteroatoms. The third kappa shape index (κ3) is 12.2. The van der Waals surface area contributed by atoms with E-state index in [1.54, 1.807) is 0 Å². The van der Waals surface area contributed by atoms with Crippen molar-refractivity contribution in [3.05, 3.63) is 24.3 Å². The van der Waals surface area contributed by atoms with Crippen LogP contribution >= 0.6 is 15.2 Å². The third-order valence-electron chi connectivity index (χ3n) is 9.82. The number of imidazole rings is 2. The molecule has 12 N–H and O–H groups in total.